The molecule has 0 unspecified atom stereocenters. The van der Waals surface area contributed by atoms with Crippen LogP contribution in [0.5, 0.6) is 5.75 Å². The van der Waals surface area contributed by atoms with Gasteiger partial charge in [-0.15, -0.1) is 11.8 Å². The zero-order valence-electron chi connectivity index (χ0n) is 17.7. The molecule has 2 N–H and O–H groups in total. The third-order valence-electron chi connectivity index (χ3n) is 8.06. The second-order valence-electron chi connectivity index (χ2n) is 9.54. The maximum Gasteiger partial charge on any atom is 0.305 e. The van der Waals surface area contributed by atoms with Gasteiger partial charge in [0.15, 0.2) is 0 Å². The summed E-state index contributed by atoms with van der Waals surface area (Å²) in [5, 5.41) is 10.8. The minimum atomic E-state index is -0.414. The Labute approximate surface area is 201 Å². The van der Waals surface area contributed by atoms with E-state index in [2.05, 4.69) is 4.98 Å². The van der Waals surface area contributed by atoms with Gasteiger partial charge >= 0.3 is 4.87 Å². The molecule has 2 saturated carbocycles. The molecule has 3 heterocycles. The van der Waals surface area contributed by atoms with E-state index in [0.29, 0.717) is 5.69 Å². The van der Waals surface area contributed by atoms with Crippen LogP contribution in [0.25, 0.3) is 0 Å². The molecule has 1 aromatic heterocycles. The average Bonchev–Trinajstić information content (AvgIpc) is 3.54. The van der Waals surface area contributed by atoms with Gasteiger partial charge in [0.1, 0.15) is 11.6 Å². The summed E-state index contributed by atoms with van der Waals surface area (Å²) < 4.78 is 13.5. The number of anilines is 1. The molecule has 3 aromatic rings. The topological polar surface area (TPSA) is 90.5 Å². The highest BCUT2D eigenvalue weighted by Gasteiger charge is 2.69. The van der Waals surface area contributed by atoms with Crippen LogP contribution in [0.4, 0.5) is 10.1 Å². The largest absolute Gasteiger partial charge is 0.508 e. The number of phenols is 1. The predicted molar refractivity (Wildman–Crippen MR) is 125 cm³/mol. The number of fused-ring (bicyclic) bond motifs is 9. The molecule has 2 aliphatic carbocycles. The lowest BCUT2D eigenvalue weighted by molar-refractivity contribution is -0.123. The molecule has 9 heteroatoms. The quantitative estimate of drug-likeness (QED) is 0.527. The summed E-state index contributed by atoms with van der Waals surface area (Å²) in [6.07, 6.45) is 0.806. The van der Waals surface area contributed by atoms with Crippen LogP contribution in [0.15, 0.2) is 58.4 Å². The normalized spacial score (nSPS) is 33.2. The molecule has 34 heavy (non-hydrogen) atoms. The van der Waals surface area contributed by atoms with E-state index in [1.165, 1.54) is 40.5 Å². The Kier molecular flexibility index (Phi) is 4.24. The fourth-order valence-corrected chi connectivity index (χ4v) is 9.81. The smallest absolute Gasteiger partial charge is 0.305 e. The van der Waals surface area contributed by atoms with Gasteiger partial charge in [-0.1, -0.05) is 23.5 Å². The third kappa shape index (κ3) is 2.65. The Balaban J connectivity index is 1.32. The van der Waals surface area contributed by atoms with Crippen molar-refractivity contribution in [3.05, 3.63) is 74.5 Å². The molecule has 4 aliphatic rings. The number of carbonyl (C=O) groups is 2. The number of nitrogens with one attached hydrogen (secondary N) is 1. The van der Waals surface area contributed by atoms with Crippen LogP contribution in [0.3, 0.4) is 0 Å². The molecule has 2 amide bonds. The van der Waals surface area contributed by atoms with Crippen LogP contribution in [0.2, 0.25) is 0 Å². The molecule has 0 radical (unpaired) electrons. The van der Waals surface area contributed by atoms with Crippen molar-refractivity contribution in [2.24, 2.45) is 29.6 Å². The Hall–Kier alpha value is -2.91. The summed E-state index contributed by atoms with van der Waals surface area (Å²) in [6.45, 7) is 0. The first-order valence-corrected chi connectivity index (χ1v) is 12.9. The minimum Gasteiger partial charge on any atom is -0.508 e. The molecule has 2 aromatic carbocycles. The number of carbonyl (C=O) groups excluding carboxylic acids is 2. The second-order valence-corrected chi connectivity index (χ2v) is 11.7. The van der Waals surface area contributed by atoms with Gasteiger partial charge in [-0.3, -0.25) is 19.3 Å². The summed E-state index contributed by atoms with van der Waals surface area (Å²) in [7, 11) is 0. The predicted octanol–water partition coefficient (Wildman–Crippen LogP) is 3.96. The summed E-state index contributed by atoms with van der Waals surface area (Å²) in [5.74, 6) is -1.36. The van der Waals surface area contributed by atoms with Crippen molar-refractivity contribution < 1.29 is 19.1 Å². The average molecular weight is 495 g/mol. The fraction of sp³-hybridized carbons (Fsp3) is 0.320. The molecule has 2 bridgehead atoms. The fourth-order valence-electron chi connectivity index (χ4n) is 6.92. The first-order chi connectivity index (χ1) is 16.4. The van der Waals surface area contributed by atoms with Crippen LogP contribution in [-0.2, 0) is 9.59 Å². The summed E-state index contributed by atoms with van der Waals surface area (Å²) in [6, 6.07) is 12.6. The summed E-state index contributed by atoms with van der Waals surface area (Å²) >= 11 is 2.84. The minimum absolute atomic E-state index is 0.0125. The molecule has 172 valence electrons. The Bertz CT molecular complexity index is 1400. The number of aromatic amines is 1. The van der Waals surface area contributed by atoms with Gasteiger partial charge in [0.2, 0.25) is 11.8 Å². The van der Waals surface area contributed by atoms with Gasteiger partial charge in [0.05, 0.1) is 22.5 Å². The Morgan fingerprint density at radius 1 is 0.941 bits per heavy atom. The number of phenolic OH excluding ortho intramolecular Hbond substituents is 1. The number of aromatic hydroxyl groups is 1. The molecule has 1 saturated heterocycles. The zero-order chi connectivity index (χ0) is 23.3. The number of amides is 2. The van der Waals surface area contributed by atoms with Crippen LogP contribution in [-0.4, -0.2) is 27.2 Å². The summed E-state index contributed by atoms with van der Waals surface area (Å²) in [5.41, 5.74) is 1.42. The maximum absolute atomic E-state index is 13.6. The molecule has 7 atom stereocenters. The van der Waals surface area contributed by atoms with E-state index in [-0.39, 0.29) is 57.3 Å². The van der Waals surface area contributed by atoms with Gasteiger partial charge in [-0.05, 0) is 66.1 Å². The SMILES string of the molecule is O=C1[C@@H]2[C@H]3C[C@@H]([C@@H]2C(=O)N1c1ccc(F)cc1)[C@@H]1[C@H](c2ccc(O)cc2)c2sc(=O)[nH]c2S[C@@H]31. The Morgan fingerprint density at radius 3 is 2.32 bits per heavy atom. The number of benzene rings is 2. The van der Waals surface area contributed by atoms with Crippen molar-refractivity contribution in [3.63, 3.8) is 0 Å². The monoisotopic (exact) mass is 494 g/mol. The molecular formula is C25H19FN2O4S2. The van der Waals surface area contributed by atoms with E-state index >= 15 is 0 Å². The molecule has 7 rings (SSSR count). The van der Waals surface area contributed by atoms with Crippen LogP contribution >= 0.6 is 23.1 Å². The number of H-pyrrole nitrogens is 1. The lowest BCUT2D eigenvalue weighted by atomic mass is 9.68. The third-order valence-corrected chi connectivity index (χ3v) is 10.6. The van der Waals surface area contributed by atoms with Crippen molar-refractivity contribution in [2.75, 3.05) is 4.90 Å². The van der Waals surface area contributed by atoms with E-state index in [4.69, 9.17) is 0 Å². The van der Waals surface area contributed by atoms with Crippen molar-refractivity contribution in [1.29, 1.82) is 0 Å². The van der Waals surface area contributed by atoms with Gasteiger partial charge in [0, 0.05) is 16.0 Å². The lowest BCUT2D eigenvalue weighted by Gasteiger charge is -2.43. The molecule has 3 fully saturated rings. The molecule has 2 aliphatic heterocycles. The number of thiazole rings is 1. The van der Waals surface area contributed by atoms with Crippen LogP contribution < -0.4 is 9.77 Å². The number of hydrogen-bond acceptors (Lipinski definition) is 6. The van der Waals surface area contributed by atoms with E-state index in [0.717, 1.165) is 21.9 Å². The number of nitrogens with zero attached hydrogens (tertiary/aromatic N) is 1. The van der Waals surface area contributed by atoms with Gasteiger partial charge < -0.3 is 10.1 Å². The van der Waals surface area contributed by atoms with Crippen LogP contribution in [0.1, 0.15) is 22.8 Å². The Morgan fingerprint density at radius 2 is 1.62 bits per heavy atom. The van der Waals surface area contributed by atoms with Crippen molar-refractivity contribution >= 4 is 40.6 Å². The standard InChI is InChI=1S/C25H19FN2O4S2/c26-11-3-5-12(6-4-11)28-23(30)18-14-9-15(19(18)24(28)31)20-17(14)16(10-1-7-13(29)8-2-10)21-22(33-20)27-25(32)34-21/h1-8,14-20,29H,9H2,(H,27,32)/t14-,15-,16+,17-,18+,19-,20+/m1/s1. The number of imide groups is 1. The van der Waals surface area contributed by atoms with Gasteiger partial charge in [-0.2, -0.15) is 0 Å². The van der Waals surface area contributed by atoms with E-state index in [1.807, 2.05) is 12.1 Å². The molecular weight excluding hydrogens is 475 g/mol. The lowest BCUT2D eigenvalue weighted by Crippen LogP contribution is -2.42. The number of halogens is 1. The second kappa shape index (κ2) is 7.05. The van der Waals surface area contributed by atoms with Gasteiger partial charge in [0.25, 0.3) is 0 Å². The van der Waals surface area contributed by atoms with Crippen molar-refractivity contribution in [3.8, 4) is 5.75 Å². The van der Waals surface area contributed by atoms with Crippen molar-refractivity contribution in [2.45, 2.75) is 22.6 Å². The zero-order valence-corrected chi connectivity index (χ0v) is 19.3. The van der Waals surface area contributed by atoms with Gasteiger partial charge in [-0.25, -0.2) is 4.39 Å². The molecule has 6 nitrogen and oxygen atoms in total. The van der Waals surface area contributed by atoms with Crippen molar-refractivity contribution in [1.82, 2.24) is 4.98 Å². The number of thioether (sulfide) groups is 1. The van der Waals surface area contributed by atoms with E-state index < -0.39 is 11.7 Å². The molecule has 0 spiro atoms. The first kappa shape index (κ1) is 20.5. The van der Waals surface area contributed by atoms with E-state index in [9.17, 15) is 23.9 Å². The number of hydrogen-bond donors (Lipinski definition) is 2. The highest BCUT2D eigenvalue weighted by atomic mass is 32.2. The summed E-state index contributed by atoms with van der Waals surface area (Å²) in [4.78, 5) is 44.5. The highest BCUT2D eigenvalue weighted by molar-refractivity contribution is 8.00. The number of aromatic nitrogens is 1. The highest BCUT2D eigenvalue weighted by Crippen LogP contribution is 2.68. The van der Waals surface area contributed by atoms with E-state index in [1.54, 1.807) is 23.9 Å². The number of rotatable bonds is 2. The first-order valence-electron chi connectivity index (χ1n) is 11.2. The van der Waals surface area contributed by atoms with Crippen LogP contribution in [0, 0.1) is 35.4 Å². The maximum atomic E-state index is 13.6.